The van der Waals surface area contributed by atoms with Crippen molar-refractivity contribution in [3.8, 4) is 0 Å². The van der Waals surface area contributed by atoms with Gasteiger partial charge in [-0.2, -0.15) is 0 Å². The van der Waals surface area contributed by atoms with Gasteiger partial charge in [0.25, 0.3) is 0 Å². The smallest absolute Gasteiger partial charge is 0.343 e. The normalized spacial score (nSPS) is 51.2. The molecule has 0 aromatic heterocycles. The quantitative estimate of drug-likeness (QED) is 0.359. The Morgan fingerprint density at radius 1 is 1.08 bits per heavy atom. The van der Waals surface area contributed by atoms with Gasteiger partial charge in [-0.1, -0.05) is 34.6 Å². The number of nitrogens with zero attached hydrogens (tertiary/aromatic N) is 1. The zero-order chi connectivity index (χ0) is 26.9. The first kappa shape index (κ1) is 25.5. The maximum Gasteiger partial charge on any atom is 0.343 e. The summed E-state index contributed by atoms with van der Waals surface area (Å²) in [7, 11) is 0. The van der Waals surface area contributed by atoms with E-state index >= 15 is 0 Å². The van der Waals surface area contributed by atoms with Crippen molar-refractivity contribution in [1.29, 1.82) is 0 Å². The Morgan fingerprint density at radius 2 is 1.76 bits per heavy atom. The van der Waals surface area contributed by atoms with Crippen molar-refractivity contribution >= 4 is 17.9 Å². The molecule has 11 nitrogen and oxygen atoms in total. The van der Waals surface area contributed by atoms with Gasteiger partial charge in [0, 0.05) is 6.54 Å². The van der Waals surface area contributed by atoms with Gasteiger partial charge in [-0.25, -0.2) is 9.59 Å². The molecule has 2 spiro atoms. The van der Waals surface area contributed by atoms with Crippen LogP contribution in [0.5, 0.6) is 0 Å². The zero-order valence-electron chi connectivity index (χ0n) is 22.2. The van der Waals surface area contributed by atoms with Crippen LogP contribution in [0.4, 0.5) is 0 Å². The Balaban J connectivity index is 1.56. The fourth-order valence-corrected chi connectivity index (χ4v) is 9.14. The van der Waals surface area contributed by atoms with Gasteiger partial charge >= 0.3 is 17.9 Å². The number of hydrogen-bond acceptors (Lipinski definition) is 11. The minimum Gasteiger partial charge on any atom is -0.459 e. The van der Waals surface area contributed by atoms with E-state index in [0.29, 0.717) is 13.0 Å². The Kier molecular flexibility index (Phi) is 5.13. The van der Waals surface area contributed by atoms with Crippen LogP contribution in [-0.4, -0.2) is 101 Å². The fraction of sp³-hybridized carbons (Fsp3) is 0.885. The van der Waals surface area contributed by atoms with Crippen molar-refractivity contribution in [3.05, 3.63) is 0 Å². The second kappa shape index (κ2) is 7.44. The van der Waals surface area contributed by atoms with Crippen molar-refractivity contribution in [1.82, 2.24) is 4.90 Å². The van der Waals surface area contributed by atoms with Crippen molar-refractivity contribution < 1.29 is 48.3 Å². The Morgan fingerprint density at radius 3 is 2.38 bits per heavy atom. The number of aliphatic hydroxyl groups is 2. The highest BCUT2D eigenvalue weighted by atomic mass is 16.8. The van der Waals surface area contributed by atoms with Crippen molar-refractivity contribution in [2.75, 3.05) is 26.2 Å². The van der Waals surface area contributed by atoms with Gasteiger partial charge in [-0.15, -0.1) is 0 Å². The van der Waals surface area contributed by atoms with Crippen LogP contribution in [0.15, 0.2) is 0 Å². The molecule has 0 aromatic carbocycles. The summed E-state index contributed by atoms with van der Waals surface area (Å²) in [4.78, 5) is 42.0. The third kappa shape index (κ3) is 2.38. The van der Waals surface area contributed by atoms with Crippen LogP contribution in [0.25, 0.3) is 0 Å². The molecule has 0 bridgehead atoms. The predicted molar refractivity (Wildman–Crippen MR) is 124 cm³/mol. The molecule has 1 unspecified atom stereocenters. The standard InChI is InChI=1S/C26H37NO10/c1-7-27(8-2)9-10-33-17-19(30)36-21-23(17)13(22(4,5)6)11-14-24(23)15(28)16-25(32,12(3)18(29)35-16)26(24,37-21)20(31)34-14/h12-17,21,28,32H,7-11H2,1-6H3/t12-,13+,14-,15+,16+,17+,21+,23?,24+,25-,26-/m1/s1. The lowest BCUT2D eigenvalue weighted by Gasteiger charge is -2.48. The highest BCUT2D eigenvalue weighted by Gasteiger charge is 3.04. The number of likely N-dealkylation sites (N-methyl/N-ethyl adjacent to an activating group) is 1. The molecule has 2 aliphatic carbocycles. The number of fused-ring (bicyclic) bond motifs is 1. The summed E-state index contributed by atoms with van der Waals surface area (Å²) in [5.74, 6) is -3.79. The van der Waals surface area contributed by atoms with E-state index in [9.17, 15) is 24.6 Å². The molecule has 2 saturated carbocycles. The van der Waals surface area contributed by atoms with Gasteiger partial charge in [0.15, 0.2) is 17.8 Å². The lowest BCUT2D eigenvalue weighted by atomic mass is 9.51. The number of carbonyl (C=O) groups excluding carboxylic acids is 3. The Hall–Kier alpha value is -1.79. The van der Waals surface area contributed by atoms with E-state index in [1.165, 1.54) is 6.92 Å². The van der Waals surface area contributed by atoms with Crippen LogP contribution in [0.3, 0.4) is 0 Å². The van der Waals surface area contributed by atoms with Crippen LogP contribution >= 0.6 is 0 Å². The summed E-state index contributed by atoms with van der Waals surface area (Å²) < 4.78 is 30.0. The van der Waals surface area contributed by atoms with E-state index in [4.69, 9.17) is 23.7 Å². The molecule has 4 heterocycles. The number of ether oxygens (including phenoxy) is 5. The van der Waals surface area contributed by atoms with Gasteiger partial charge < -0.3 is 38.8 Å². The van der Waals surface area contributed by atoms with E-state index < -0.39 is 82.0 Å². The Bertz CT molecular complexity index is 1050. The summed E-state index contributed by atoms with van der Waals surface area (Å²) in [6.07, 6.45) is -6.01. The zero-order valence-corrected chi connectivity index (χ0v) is 22.2. The van der Waals surface area contributed by atoms with Gasteiger partial charge in [-0.05, 0) is 37.8 Å². The summed E-state index contributed by atoms with van der Waals surface area (Å²) in [6.45, 7) is 14.0. The van der Waals surface area contributed by atoms with Crippen molar-refractivity contribution in [2.45, 2.75) is 89.9 Å². The number of rotatable bonds is 6. The van der Waals surface area contributed by atoms with E-state index in [-0.39, 0.29) is 12.5 Å². The third-order valence-corrected chi connectivity index (χ3v) is 10.6. The van der Waals surface area contributed by atoms with Gasteiger partial charge in [-0.3, -0.25) is 4.79 Å². The van der Waals surface area contributed by atoms with Crippen LogP contribution in [0.1, 0.15) is 48.0 Å². The minimum absolute atomic E-state index is 0.213. The van der Waals surface area contributed by atoms with Gasteiger partial charge in [0.2, 0.25) is 11.9 Å². The van der Waals surface area contributed by atoms with Crippen LogP contribution in [0.2, 0.25) is 0 Å². The maximum absolute atomic E-state index is 13.8. The molecule has 4 aliphatic heterocycles. The largest absolute Gasteiger partial charge is 0.459 e. The molecule has 11 heteroatoms. The summed E-state index contributed by atoms with van der Waals surface area (Å²) >= 11 is 0. The summed E-state index contributed by atoms with van der Waals surface area (Å²) in [5.41, 5.74) is -7.82. The van der Waals surface area contributed by atoms with Crippen LogP contribution < -0.4 is 0 Å². The van der Waals surface area contributed by atoms with Crippen LogP contribution in [0, 0.1) is 28.1 Å². The van der Waals surface area contributed by atoms with E-state index in [1.54, 1.807) is 0 Å². The van der Waals surface area contributed by atoms with E-state index in [1.807, 2.05) is 34.6 Å². The lowest BCUT2D eigenvalue weighted by Crippen LogP contribution is -2.67. The van der Waals surface area contributed by atoms with Gasteiger partial charge in [0.05, 0.1) is 23.4 Å². The molecule has 0 radical (unpaired) electrons. The van der Waals surface area contributed by atoms with Crippen molar-refractivity contribution in [3.63, 3.8) is 0 Å². The maximum atomic E-state index is 13.8. The first-order chi connectivity index (χ1) is 17.3. The first-order valence-electron chi connectivity index (χ1n) is 13.4. The summed E-state index contributed by atoms with van der Waals surface area (Å²) in [6, 6.07) is 0. The van der Waals surface area contributed by atoms with Gasteiger partial charge in [0.1, 0.15) is 12.2 Å². The molecular weight excluding hydrogens is 486 g/mol. The second-order valence-corrected chi connectivity index (χ2v) is 12.5. The van der Waals surface area contributed by atoms with E-state index in [2.05, 4.69) is 4.90 Å². The molecule has 37 heavy (non-hydrogen) atoms. The first-order valence-corrected chi connectivity index (χ1v) is 13.4. The average molecular weight is 524 g/mol. The SMILES string of the molecule is CCN(CC)CCO[C@H]1C(=O)O[C@H]2O[C@]34C(=O)O[C@@H]5C[C@@H](C(C)(C)C)C21[C@@]53[C@@H](O)[C@@H]1OC(=O)[C@@H](C)[C@@]14O. The highest BCUT2D eigenvalue weighted by Crippen LogP contribution is 2.84. The number of hydrogen-bond donors (Lipinski definition) is 2. The van der Waals surface area contributed by atoms with Crippen LogP contribution in [-0.2, 0) is 38.1 Å². The molecular formula is C26H37NO10. The lowest BCUT2D eigenvalue weighted by molar-refractivity contribution is -0.240. The molecule has 0 amide bonds. The van der Waals surface area contributed by atoms with Crippen molar-refractivity contribution in [2.24, 2.45) is 28.1 Å². The summed E-state index contributed by atoms with van der Waals surface area (Å²) in [5, 5.41) is 24.2. The number of carbonyl (C=O) groups is 3. The second-order valence-electron chi connectivity index (χ2n) is 12.5. The Labute approximate surface area is 215 Å². The average Bonchev–Trinajstić information content (AvgIpc) is 3.54. The molecule has 6 aliphatic rings. The molecule has 2 N–H and O–H groups in total. The minimum atomic E-state index is -2.21. The third-order valence-electron chi connectivity index (χ3n) is 10.6. The predicted octanol–water partition coefficient (Wildman–Crippen LogP) is -0.00340. The topological polar surface area (TPSA) is 141 Å². The number of aliphatic hydroxyl groups excluding tert-OH is 1. The molecule has 0 aromatic rings. The highest BCUT2D eigenvalue weighted by molar-refractivity contribution is 5.94. The molecule has 4 saturated heterocycles. The fourth-order valence-electron chi connectivity index (χ4n) is 9.14. The molecule has 6 rings (SSSR count). The molecule has 11 atom stereocenters. The molecule has 6 fully saturated rings. The molecule has 206 valence electrons. The number of esters is 3. The monoisotopic (exact) mass is 523 g/mol. The van der Waals surface area contributed by atoms with E-state index in [0.717, 1.165) is 13.1 Å².